The van der Waals surface area contributed by atoms with Crippen molar-refractivity contribution in [2.75, 3.05) is 39.3 Å². The molecule has 0 bridgehead atoms. The molecule has 0 saturated carbocycles. The standard InChI is InChI=1S/C16H28FN3O2/c1-13-3-7-20(8-4-13)15(22)11-19-9-5-16(17,6-10-19)12-18-14(2)21/h13H,3-12H2,1-2H3,(H,18,21). The van der Waals surface area contributed by atoms with Gasteiger partial charge < -0.3 is 10.2 Å². The Hall–Kier alpha value is -1.17. The Morgan fingerprint density at radius 3 is 2.32 bits per heavy atom. The SMILES string of the molecule is CC(=O)NCC1(F)CCN(CC(=O)N2CCC(C)CC2)CC1. The second-order valence-corrected chi connectivity index (χ2v) is 6.90. The van der Waals surface area contributed by atoms with Crippen LogP contribution in [0.3, 0.4) is 0 Å². The lowest BCUT2D eigenvalue weighted by molar-refractivity contribution is -0.134. The molecule has 0 aromatic carbocycles. The van der Waals surface area contributed by atoms with E-state index in [1.54, 1.807) is 0 Å². The molecular weight excluding hydrogens is 285 g/mol. The minimum atomic E-state index is -1.33. The summed E-state index contributed by atoms with van der Waals surface area (Å²) in [5.41, 5.74) is -1.33. The summed E-state index contributed by atoms with van der Waals surface area (Å²) in [6.07, 6.45) is 2.90. The van der Waals surface area contributed by atoms with E-state index in [0.29, 0.717) is 38.4 Å². The fourth-order valence-corrected chi connectivity index (χ4v) is 3.12. The van der Waals surface area contributed by atoms with Crippen molar-refractivity contribution in [1.29, 1.82) is 0 Å². The molecule has 0 aromatic heterocycles. The van der Waals surface area contributed by atoms with E-state index in [9.17, 15) is 14.0 Å². The van der Waals surface area contributed by atoms with Crippen LogP contribution < -0.4 is 5.32 Å². The fourth-order valence-electron chi connectivity index (χ4n) is 3.12. The van der Waals surface area contributed by atoms with Gasteiger partial charge in [-0.25, -0.2) is 4.39 Å². The van der Waals surface area contributed by atoms with Crippen LogP contribution in [0.25, 0.3) is 0 Å². The topological polar surface area (TPSA) is 52.7 Å². The number of carbonyl (C=O) groups is 2. The van der Waals surface area contributed by atoms with Crippen LogP contribution in [-0.4, -0.2) is 66.6 Å². The van der Waals surface area contributed by atoms with Crippen LogP contribution in [0, 0.1) is 5.92 Å². The van der Waals surface area contributed by atoms with Crippen molar-refractivity contribution in [3.05, 3.63) is 0 Å². The van der Waals surface area contributed by atoms with Crippen molar-refractivity contribution in [2.24, 2.45) is 5.92 Å². The van der Waals surface area contributed by atoms with Crippen molar-refractivity contribution < 1.29 is 14.0 Å². The van der Waals surface area contributed by atoms with Gasteiger partial charge in [0.25, 0.3) is 0 Å². The van der Waals surface area contributed by atoms with Gasteiger partial charge in [-0.3, -0.25) is 14.5 Å². The summed E-state index contributed by atoms with van der Waals surface area (Å²) in [5.74, 6) is 0.675. The summed E-state index contributed by atoms with van der Waals surface area (Å²) in [7, 11) is 0. The zero-order chi connectivity index (χ0) is 16.2. The third-order valence-electron chi connectivity index (χ3n) is 4.90. The maximum atomic E-state index is 14.5. The smallest absolute Gasteiger partial charge is 0.236 e. The molecule has 2 heterocycles. The second-order valence-electron chi connectivity index (χ2n) is 6.90. The van der Waals surface area contributed by atoms with E-state index in [0.717, 1.165) is 25.9 Å². The number of nitrogens with zero attached hydrogens (tertiary/aromatic N) is 2. The number of piperidine rings is 2. The van der Waals surface area contributed by atoms with Crippen molar-refractivity contribution in [3.8, 4) is 0 Å². The molecule has 1 N–H and O–H groups in total. The average molecular weight is 313 g/mol. The Bertz CT molecular complexity index is 400. The van der Waals surface area contributed by atoms with Crippen molar-refractivity contribution >= 4 is 11.8 Å². The molecule has 0 unspecified atom stereocenters. The molecule has 2 aliphatic heterocycles. The molecule has 6 heteroatoms. The van der Waals surface area contributed by atoms with Crippen LogP contribution in [0.4, 0.5) is 4.39 Å². The van der Waals surface area contributed by atoms with E-state index in [2.05, 4.69) is 12.2 Å². The van der Waals surface area contributed by atoms with Gasteiger partial charge in [-0.05, 0) is 31.6 Å². The van der Waals surface area contributed by atoms with Gasteiger partial charge in [-0.2, -0.15) is 0 Å². The number of amides is 2. The van der Waals surface area contributed by atoms with E-state index < -0.39 is 5.67 Å². The normalized spacial score (nSPS) is 23.3. The third-order valence-corrected chi connectivity index (χ3v) is 4.90. The number of nitrogens with one attached hydrogen (secondary N) is 1. The zero-order valence-electron chi connectivity index (χ0n) is 13.7. The quantitative estimate of drug-likeness (QED) is 0.848. The number of hydrogen-bond donors (Lipinski definition) is 1. The first kappa shape index (κ1) is 17.2. The summed E-state index contributed by atoms with van der Waals surface area (Å²) in [6, 6.07) is 0. The summed E-state index contributed by atoms with van der Waals surface area (Å²) in [5, 5.41) is 2.56. The predicted octanol–water partition coefficient (Wildman–Crippen LogP) is 1.19. The molecule has 2 fully saturated rings. The highest BCUT2D eigenvalue weighted by atomic mass is 19.1. The van der Waals surface area contributed by atoms with Crippen LogP contribution >= 0.6 is 0 Å². The van der Waals surface area contributed by atoms with E-state index in [4.69, 9.17) is 0 Å². The molecule has 22 heavy (non-hydrogen) atoms. The number of hydrogen-bond acceptors (Lipinski definition) is 3. The van der Waals surface area contributed by atoms with Gasteiger partial charge in [-0.1, -0.05) is 6.92 Å². The molecule has 0 atom stereocenters. The van der Waals surface area contributed by atoms with Crippen LogP contribution in [0.5, 0.6) is 0 Å². The Balaban J connectivity index is 1.72. The van der Waals surface area contributed by atoms with Gasteiger partial charge in [0.05, 0.1) is 13.1 Å². The largest absolute Gasteiger partial charge is 0.353 e. The number of halogens is 1. The first-order valence-corrected chi connectivity index (χ1v) is 8.31. The molecule has 126 valence electrons. The molecular formula is C16H28FN3O2. The van der Waals surface area contributed by atoms with Gasteiger partial charge >= 0.3 is 0 Å². The van der Waals surface area contributed by atoms with E-state index >= 15 is 0 Å². The molecule has 0 radical (unpaired) electrons. The summed E-state index contributed by atoms with van der Waals surface area (Å²) in [6.45, 7) is 6.95. The minimum Gasteiger partial charge on any atom is -0.353 e. The second kappa shape index (κ2) is 7.40. The van der Waals surface area contributed by atoms with Gasteiger partial charge in [0.2, 0.25) is 11.8 Å². The lowest BCUT2D eigenvalue weighted by Crippen LogP contribution is -2.51. The van der Waals surface area contributed by atoms with Crippen LogP contribution in [0.2, 0.25) is 0 Å². The minimum absolute atomic E-state index is 0.0775. The lowest BCUT2D eigenvalue weighted by atomic mass is 9.93. The Labute approximate surface area is 132 Å². The van der Waals surface area contributed by atoms with E-state index in [1.807, 2.05) is 9.80 Å². The molecule has 2 rings (SSSR count). The Kier molecular flexibility index (Phi) is 5.78. The first-order valence-electron chi connectivity index (χ1n) is 8.31. The fraction of sp³-hybridized carbons (Fsp3) is 0.875. The van der Waals surface area contributed by atoms with E-state index in [-0.39, 0.29) is 18.4 Å². The van der Waals surface area contributed by atoms with Gasteiger partial charge in [0, 0.05) is 33.1 Å². The monoisotopic (exact) mass is 313 g/mol. The zero-order valence-corrected chi connectivity index (χ0v) is 13.7. The van der Waals surface area contributed by atoms with Crippen LogP contribution in [0.15, 0.2) is 0 Å². The van der Waals surface area contributed by atoms with Gasteiger partial charge in [-0.15, -0.1) is 0 Å². The molecule has 5 nitrogen and oxygen atoms in total. The van der Waals surface area contributed by atoms with Crippen LogP contribution in [0.1, 0.15) is 39.5 Å². The highest BCUT2D eigenvalue weighted by Gasteiger charge is 2.35. The van der Waals surface area contributed by atoms with Crippen molar-refractivity contribution in [3.63, 3.8) is 0 Å². The molecule has 0 aromatic rings. The molecule has 0 spiro atoms. The molecule has 2 aliphatic rings. The van der Waals surface area contributed by atoms with Gasteiger partial charge in [0.15, 0.2) is 0 Å². The molecule has 2 amide bonds. The number of rotatable bonds is 4. The Morgan fingerprint density at radius 2 is 1.77 bits per heavy atom. The number of carbonyl (C=O) groups excluding carboxylic acids is 2. The molecule has 0 aliphatic carbocycles. The summed E-state index contributed by atoms with van der Waals surface area (Å²) in [4.78, 5) is 27.2. The molecule has 2 saturated heterocycles. The van der Waals surface area contributed by atoms with Crippen LogP contribution in [-0.2, 0) is 9.59 Å². The maximum Gasteiger partial charge on any atom is 0.236 e. The summed E-state index contributed by atoms with van der Waals surface area (Å²) < 4.78 is 14.5. The van der Waals surface area contributed by atoms with Crippen molar-refractivity contribution in [2.45, 2.75) is 45.2 Å². The maximum absolute atomic E-state index is 14.5. The third kappa shape index (κ3) is 4.93. The highest BCUT2D eigenvalue weighted by Crippen LogP contribution is 2.26. The Morgan fingerprint density at radius 1 is 1.18 bits per heavy atom. The highest BCUT2D eigenvalue weighted by molar-refractivity contribution is 5.78. The lowest BCUT2D eigenvalue weighted by Gasteiger charge is -2.37. The van der Waals surface area contributed by atoms with Crippen molar-refractivity contribution in [1.82, 2.24) is 15.1 Å². The van der Waals surface area contributed by atoms with E-state index in [1.165, 1.54) is 6.92 Å². The summed E-state index contributed by atoms with van der Waals surface area (Å²) >= 11 is 0. The first-order chi connectivity index (χ1) is 10.4. The average Bonchev–Trinajstić information content (AvgIpc) is 2.49. The predicted molar refractivity (Wildman–Crippen MR) is 83.2 cm³/mol. The number of alkyl halides is 1. The number of likely N-dealkylation sites (tertiary alicyclic amines) is 2. The van der Waals surface area contributed by atoms with Gasteiger partial charge in [0.1, 0.15) is 5.67 Å².